The maximum atomic E-state index is 13.7. The van der Waals surface area contributed by atoms with Crippen molar-refractivity contribution in [3.05, 3.63) is 35.7 Å². The van der Waals surface area contributed by atoms with Gasteiger partial charge in [-0.3, -0.25) is 0 Å². The van der Waals surface area contributed by atoms with E-state index in [-0.39, 0.29) is 12.4 Å². The third kappa shape index (κ3) is 5.84. The average molecular weight is 282 g/mol. The zero-order valence-electron chi connectivity index (χ0n) is 11.6. The molecule has 4 nitrogen and oxygen atoms in total. The van der Waals surface area contributed by atoms with Crippen LogP contribution in [0.3, 0.4) is 0 Å². The van der Waals surface area contributed by atoms with Crippen LogP contribution in [-0.4, -0.2) is 30.9 Å². The lowest BCUT2D eigenvalue weighted by molar-refractivity contribution is -0.131. The number of hydrogen-bond acceptors (Lipinski definition) is 3. The molecule has 0 saturated heterocycles. The summed E-state index contributed by atoms with van der Waals surface area (Å²) in [6, 6.07) is 4.36. The van der Waals surface area contributed by atoms with Gasteiger partial charge in [-0.25, -0.2) is 9.18 Å². The zero-order valence-corrected chi connectivity index (χ0v) is 11.6. The minimum Gasteiger partial charge on any atom is -0.487 e. The Balaban J connectivity index is 2.61. The molecule has 0 aliphatic carbocycles. The average Bonchev–Trinajstić information content (AvgIpc) is 2.37. The summed E-state index contributed by atoms with van der Waals surface area (Å²) >= 11 is 0. The van der Waals surface area contributed by atoms with Crippen molar-refractivity contribution >= 4 is 12.0 Å². The lowest BCUT2D eigenvalue weighted by atomic mass is 10.2. The molecule has 0 aliphatic heterocycles. The monoisotopic (exact) mass is 282 g/mol. The number of rotatable bonds is 8. The molecule has 0 aromatic heterocycles. The summed E-state index contributed by atoms with van der Waals surface area (Å²) in [5.74, 6) is -1.16. The molecule has 0 amide bonds. The summed E-state index contributed by atoms with van der Waals surface area (Å²) in [5.41, 5.74) is 0.385. The molecular formula is C15H19FO4. The molecule has 0 saturated carbocycles. The molecule has 0 bridgehead atoms. The van der Waals surface area contributed by atoms with E-state index < -0.39 is 11.8 Å². The second-order valence-corrected chi connectivity index (χ2v) is 4.65. The molecule has 0 radical (unpaired) electrons. The van der Waals surface area contributed by atoms with Crippen molar-refractivity contribution in [2.75, 3.05) is 19.8 Å². The number of carboxylic acid groups (broad SMARTS) is 1. The van der Waals surface area contributed by atoms with E-state index in [1.54, 1.807) is 6.07 Å². The van der Waals surface area contributed by atoms with Crippen molar-refractivity contribution in [1.29, 1.82) is 0 Å². The molecule has 0 atom stereocenters. The molecule has 20 heavy (non-hydrogen) atoms. The highest BCUT2D eigenvalue weighted by Gasteiger charge is 2.08. The van der Waals surface area contributed by atoms with Crippen molar-refractivity contribution in [2.45, 2.75) is 13.8 Å². The van der Waals surface area contributed by atoms with E-state index >= 15 is 0 Å². The summed E-state index contributed by atoms with van der Waals surface area (Å²) in [4.78, 5) is 10.5. The Kier molecular flexibility index (Phi) is 6.73. The Bertz CT molecular complexity index is 469. The van der Waals surface area contributed by atoms with Gasteiger partial charge >= 0.3 is 5.97 Å². The van der Waals surface area contributed by atoms with Gasteiger partial charge in [-0.15, -0.1) is 0 Å². The van der Waals surface area contributed by atoms with Crippen LogP contribution in [0.25, 0.3) is 6.08 Å². The highest BCUT2D eigenvalue weighted by Crippen LogP contribution is 2.23. The lowest BCUT2D eigenvalue weighted by Crippen LogP contribution is -2.11. The van der Waals surface area contributed by atoms with E-state index in [1.807, 2.05) is 13.8 Å². The van der Waals surface area contributed by atoms with Crippen molar-refractivity contribution in [1.82, 2.24) is 0 Å². The van der Waals surface area contributed by atoms with Crippen LogP contribution < -0.4 is 4.74 Å². The standard InChI is InChI=1S/C15H19FO4/c1-11(2)10-19-8-9-20-15-12(6-7-14(17)18)4-3-5-13(15)16/h3-7,11H,8-10H2,1-2H3,(H,17,18)/b7-6+. The fourth-order valence-corrected chi connectivity index (χ4v) is 1.49. The van der Waals surface area contributed by atoms with E-state index in [4.69, 9.17) is 14.6 Å². The smallest absolute Gasteiger partial charge is 0.328 e. The molecule has 1 aromatic rings. The van der Waals surface area contributed by atoms with Gasteiger partial charge < -0.3 is 14.6 Å². The highest BCUT2D eigenvalue weighted by atomic mass is 19.1. The van der Waals surface area contributed by atoms with Gasteiger partial charge in [-0.1, -0.05) is 26.0 Å². The summed E-state index contributed by atoms with van der Waals surface area (Å²) < 4.78 is 24.3. The summed E-state index contributed by atoms with van der Waals surface area (Å²) in [7, 11) is 0. The van der Waals surface area contributed by atoms with Crippen molar-refractivity contribution in [2.24, 2.45) is 5.92 Å². The minimum atomic E-state index is -1.10. The van der Waals surface area contributed by atoms with Crippen LogP contribution in [0.2, 0.25) is 0 Å². The Morgan fingerprint density at radius 1 is 1.40 bits per heavy atom. The first kappa shape index (κ1) is 16.2. The van der Waals surface area contributed by atoms with Gasteiger partial charge in [-0.2, -0.15) is 0 Å². The number of para-hydroxylation sites is 1. The van der Waals surface area contributed by atoms with Crippen LogP contribution in [0.5, 0.6) is 5.75 Å². The van der Waals surface area contributed by atoms with Crippen molar-refractivity contribution < 1.29 is 23.8 Å². The summed E-state index contributed by atoms with van der Waals surface area (Å²) in [5, 5.41) is 8.59. The van der Waals surface area contributed by atoms with Gasteiger partial charge in [-0.05, 0) is 18.1 Å². The second-order valence-electron chi connectivity index (χ2n) is 4.65. The maximum absolute atomic E-state index is 13.7. The first-order valence-corrected chi connectivity index (χ1v) is 6.40. The normalized spacial score (nSPS) is 11.2. The molecule has 0 spiro atoms. The van der Waals surface area contributed by atoms with Crippen LogP contribution in [0.1, 0.15) is 19.4 Å². The van der Waals surface area contributed by atoms with E-state index in [1.165, 1.54) is 18.2 Å². The number of carbonyl (C=O) groups is 1. The largest absolute Gasteiger partial charge is 0.487 e. The van der Waals surface area contributed by atoms with E-state index in [0.29, 0.717) is 24.7 Å². The van der Waals surface area contributed by atoms with Gasteiger partial charge in [0.25, 0.3) is 0 Å². The van der Waals surface area contributed by atoms with Gasteiger partial charge in [0.05, 0.1) is 6.61 Å². The predicted octanol–water partition coefficient (Wildman–Crippen LogP) is 2.97. The van der Waals surface area contributed by atoms with Gasteiger partial charge in [0.1, 0.15) is 6.61 Å². The Hall–Kier alpha value is -1.88. The lowest BCUT2D eigenvalue weighted by Gasteiger charge is -2.11. The number of ether oxygens (including phenoxy) is 2. The molecule has 0 fully saturated rings. The Morgan fingerprint density at radius 3 is 2.80 bits per heavy atom. The topological polar surface area (TPSA) is 55.8 Å². The molecule has 0 aliphatic rings. The number of carboxylic acids is 1. The fraction of sp³-hybridized carbons (Fsp3) is 0.400. The first-order chi connectivity index (χ1) is 9.50. The van der Waals surface area contributed by atoms with Crippen LogP contribution in [0.15, 0.2) is 24.3 Å². The third-order valence-corrected chi connectivity index (χ3v) is 2.33. The maximum Gasteiger partial charge on any atom is 0.328 e. The van der Waals surface area contributed by atoms with Crippen LogP contribution in [-0.2, 0) is 9.53 Å². The summed E-state index contributed by atoms with van der Waals surface area (Å²) in [6.07, 6.45) is 2.24. The van der Waals surface area contributed by atoms with E-state index in [2.05, 4.69) is 0 Å². The van der Waals surface area contributed by atoms with Crippen molar-refractivity contribution in [3.8, 4) is 5.75 Å². The third-order valence-electron chi connectivity index (χ3n) is 2.33. The van der Waals surface area contributed by atoms with Gasteiger partial charge in [0.2, 0.25) is 0 Å². The van der Waals surface area contributed by atoms with Crippen LogP contribution in [0.4, 0.5) is 4.39 Å². The molecule has 1 rings (SSSR count). The molecule has 5 heteroatoms. The van der Waals surface area contributed by atoms with E-state index in [0.717, 1.165) is 6.08 Å². The Morgan fingerprint density at radius 2 is 2.15 bits per heavy atom. The van der Waals surface area contributed by atoms with Crippen LogP contribution in [0, 0.1) is 11.7 Å². The number of halogens is 1. The molecule has 0 heterocycles. The molecule has 0 unspecified atom stereocenters. The quantitative estimate of drug-likeness (QED) is 0.588. The predicted molar refractivity (Wildman–Crippen MR) is 74.2 cm³/mol. The summed E-state index contributed by atoms with van der Waals surface area (Å²) in [6.45, 7) is 5.25. The number of benzene rings is 1. The minimum absolute atomic E-state index is 0.0400. The first-order valence-electron chi connectivity index (χ1n) is 6.40. The van der Waals surface area contributed by atoms with E-state index in [9.17, 15) is 9.18 Å². The number of hydrogen-bond donors (Lipinski definition) is 1. The fourth-order valence-electron chi connectivity index (χ4n) is 1.49. The molecule has 110 valence electrons. The van der Waals surface area contributed by atoms with Crippen LogP contribution >= 0.6 is 0 Å². The second kappa shape index (κ2) is 8.32. The van der Waals surface area contributed by atoms with Gasteiger partial charge in [0.15, 0.2) is 11.6 Å². The van der Waals surface area contributed by atoms with Crippen molar-refractivity contribution in [3.63, 3.8) is 0 Å². The highest BCUT2D eigenvalue weighted by molar-refractivity contribution is 5.85. The molecule has 1 aromatic carbocycles. The number of aliphatic carboxylic acids is 1. The Labute approximate surface area is 117 Å². The zero-order chi connectivity index (χ0) is 15.0. The van der Waals surface area contributed by atoms with Gasteiger partial charge in [0, 0.05) is 18.2 Å². The SMILES string of the molecule is CC(C)COCCOc1c(F)cccc1/C=C/C(=O)O. The molecular weight excluding hydrogens is 263 g/mol. The molecule has 1 N–H and O–H groups in total.